The van der Waals surface area contributed by atoms with Crippen LogP contribution in [0.4, 0.5) is 0 Å². The van der Waals surface area contributed by atoms with Crippen LogP contribution in [0.25, 0.3) is 0 Å². The van der Waals surface area contributed by atoms with Gasteiger partial charge in [-0.25, -0.2) is 0 Å². The molecule has 2 aliphatic rings. The van der Waals surface area contributed by atoms with E-state index in [0.717, 1.165) is 19.3 Å². The second kappa shape index (κ2) is 4.64. The highest BCUT2D eigenvalue weighted by Crippen LogP contribution is 2.46. The minimum atomic E-state index is -0.636. The quantitative estimate of drug-likeness (QED) is 0.887. The lowest BCUT2D eigenvalue weighted by molar-refractivity contribution is -0.146. The molecule has 0 aliphatic carbocycles. The average Bonchev–Trinajstić information content (AvgIpc) is 2.63. The number of carbonyl (C=O) groups is 1. The molecule has 3 heteroatoms. The van der Waals surface area contributed by atoms with Crippen molar-refractivity contribution < 1.29 is 9.90 Å². The molecular weight excluding hydrogens is 238 g/mol. The molecule has 2 fully saturated rings. The predicted octanol–water partition coefficient (Wildman–Crippen LogP) is 2.65. The van der Waals surface area contributed by atoms with Crippen molar-refractivity contribution in [1.29, 1.82) is 0 Å². The molecule has 0 spiro atoms. The minimum absolute atomic E-state index is 0.173. The molecule has 1 aromatic carbocycles. The zero-order valence-electron chi connectivity index (χ0n) is 11.5. The molecule has 3 nitrogen and oxygen atoms in total. The topological polar surface area (TPSA) is 40.5 Å². The smallest absolute Gasteiger partial charge is 0.308 e. The number of fused-ring (bicyclic) bond motifs is 2. The van der Waals surface area contributed by atoms with Gasteiger partial charge in [-0.15, -0.1) is 0 Å². The first-order valence-electron chi connectivity index (χ1n) is 7.09. The molecule has 3 rings (SSSR count). The van der Waals surface area contributed by atoms with Gasteiger partial charge in [0, 0.05) is 18.0 Å². The summed E-state index contributed by atoms with van der Waals surface area (Å²) in [6.45, 7) is 2.07. The maximum absolute atomic E-state index is 11.7. The Morgan fingerprint density at radius 1 is 1.26 bits per heavy atom. The summed E-state index contributed by atoms with van der Waals surface area (Å²) in [5.41, 5.74) is 2.43. The van der Waals surface area contributed by atoms with E-state index in [4.69, 9.17) is 0 Å². The zero-order valence-corrected chi connectivity index (χ0v) is 11.5. The van der Waals surface area contributed by atoms with Gasteiger partial charge in [0.25, 0.3) is 0 Å². The van der Waals surface area contributed by atoms with Crippen LogP contribution in [0.5, 0.6) is 0 Å². The molecule has 0 aromatic heterocycles. The maximum atomic E-state index is 11.7. The lowest BCUT2D eigenvalue weighted by Gasteiger charge is -2.41. The number of carboxylic acid groups (broad SMARTS) is 1. The average molecular weight is 259 g/mol. The van der Waals surface area contributed by atoms with Gasteiger partial charge in [0.05, 0.1) is 5.92 Å². The molecular formula is C16H21NO2. The molecule has 2 saturated heterocycles. The third-order valence-corrected chi connectivity index (χ3v) is 5.06. The summed E-state index contributed by atoms with van der Waals surface area (Å²) in [6.07, 6.45) is 3.15. The van der Waals surface area contributed by atoms with Gasteiger partial charge in [0.15, 0.2) is 0 Å². The Hall–Kier alpha value is -1.35. The van der Waals surface area contributed by atoms with Crippen LogP contribution in [-0.2, 0) is 4.79 Å². The van der Waals surface area contributed by atoms with E-state index in [1.54, 1.807) is 0 Å². The summed E-state index contributed by atoms with van der Waals surface area (Å²) in [7, 11) is 2.09. The van der Waals surface area contributed by atoms with E-state index >= 15 is 0 Å². The summed E-state index contributed by atoms with van der Waals surface area (Å²) in [5.74, 6) is -0.721. The van der Waals surface area contributed by atoms with E-state index in [9.17, 15) is 9.90 Å². The monoisotopic (exact) mass is 259 g/mol. The SMILES string of the molecule is Cc1ccc([C@H]2CC3CC[C@H]([C@@H]2C(=O)O)N3C)cc1. The molecule has 2 aliphatic heterocycles. The van der Waals surface area contributed by atoms with Gasteiger partial charge < -0.3 is 5.11 Å². The van der Waals surface area contributed by atoms with Crippen LogP contribution in [0.2, 0.25) is 0 Å². The zero-order chi connectivity index (χ0) is 13.6. The van der Waals surface area contributed by atoms with Crippen molar-refractivity contribution in [2.24, 2.45) is 5.92 Å². The number of aryl methyl sites for hydroxylation is 1. The summed E-state index contributed by atoms with van der Waals surface area (Å²) in [4.78, 5) is 14.0. The first-order valence-corrected chi connectivity index (χ1v) is 7.09. The lowest BCUT2D eigenvalue weighted by atomic mass is 9.76. The van der Waals surface area contributed by atoms with Gasteiger partial charge in [-0.05, 0) is 38.8 Å². The summed E-state index contributed by atoms with van der Waals surface area (Å²) >= 11 is 0. The number of hydrogen-bond donors (Lipinski definition) is 1. The summed E-state index contributed by atoms with van der Waals surface area (Å²) in [5, 5.41) is 9.64. The van der Waals surface area contributed by atoms with Crippen LogP contribution in [0, 0.1) is 12.8 Å². The number of benzene rings is 1. The van der Waals surface area contributed by atoms with E-state index < -0.39 is 5.97 Å². The molecule has 0 amide bonds. The molecule has 4 atom stereocenters. The van der Waals surface area contributed by atoms with Crippen molar-refractivity contribution in [3.8, 4) is 0 Å². The van der Waals surface area contributed by atoms with Crippen LogP contribution < -0.4 is 0 Å². The normalized spacial score (nSPS) is 34.4. The Morgan fingerprint density at radius 3 is 2.58 bits per heavy atom. The Morgan fingerprint density at radius 2 is 1.95 bits per heavy atom. The van der Waals surface area contributed by atoms with Crippen molar-refractivity contribution >= 4 is 5.97 Å². The number of aliphatic carboxylic acids is 1. The second-order valence-corrected chi connectivity index (χ2v) is 6.08. The standard InChI is InChI=1S/C16H21NO2/c1-10-3-5-11(6-4-10)13-9-12-7-8-14(17(12)2)15(13)16(18)19/h3-6,12-15H,7-9H2,1-2H3,(H,18,19)/t12?,13-,14-,15-/m1/s1. The first kappa shape index (κ1) is 12.7. The fourth-order valence-corrected chi connectivity index (χ4v) is 3.96. The van der Waals surface area contributed by atoms with E-state index in [1.807, 2.05) is 0 Å². The van der Waals surface area contributed by atoms with E-state index in [-0.39, 0.29) is 17.9 Å². The van der Waals surface area contributed by atoms with Crippen molar-refractivity contribution in [2.45, 2.75) is 44.2 Å². The van der Waals surface area contributed by atoms with E-state index in [2.05, 4.69) is 43.1 Å². The molecule has 19 heavy (non-hydrogen) atoms. The Balaban J connectivity index is 1.95. The fraction of sp³-hybridized carbons (Fsp3) is 0.562. The van der Waals surface area contributed by atoms with Crippen molar-refractivity contribution in [3.05, 3.63) is 35.4 Å². The van der Waals surface area contributed by atoms with Gasteiger partial charge in [-0.2, -0.15) is 0 Å². The molecule has 102 valence electrons. The number of piperidine rings is 1. The molecule has 1 aromatic rings. The van der Waals surface area contributed by atoms with Gasteiger partial charge in [-0.1, -0.05) is 29.8 Å². The summed E-state index contributed by atoms with van der Waals surface area (Å²) in [6, 6.07) is 9.18. The van der Waals surface area contributed by atoms with Gasteiger partial charge in [-0.3, -0.25) is 9.69 Å². The molecule has 2 bridgehead atoms. The van der Waals surface area contributed by atoms with Crippen LogP contribution in [0.15, 0.2) is 24.3 Å². The third kappa shape index (κ3) is 2.06. The molecule has 2 heterocycles. The Kier molecular flexibility index (Phi) is 3.09. The van der Waals surface area contributed by atoms with Crippen LogP contribution in [0.3, 0.4) is 0 Å². The molecule has 0 saturated carbocycles. The number of nitrogens with zero attached hydrogens (tertiary/aromatic N) is 1. The highest BCUT2D eigenvalue weighted by atomic mass is 16.4. The van der Waals surface area contributed by atoms with Crippen LogP contribution in [0.1, 0.15) is 36.3 Å². The third-order valence-electron chi connectivity index (χ3n) is 5.06. The number of hydrogen-bond acceptors (Lipinski definition) is 2. The number of carboxylic acids is 1. The lowest BCUT2D eigenvalue weighted by Crippen LogP contribution is -2.48. The summed E-state index contributed by atoms with van der Waals surface area (Å²) < 4.78 is 0. The van der Waals surface area contributed by atoms with Crippen LogP contribution in [-0.4, -0.2) is 35.1 Å². The predicted molar refractivity (Wildman–Crippen MR) is 74.2 cm³/mol. The highest BCUT2D eigenvalue weighted by Gasteiger charge is 2.49. The largest absolute Gasteiger partial charge is 0.481 e. The Labute approximate surface area is 114 Å². The van der Waals surface area contributed by atoms with E-state index in [1.165, 1.54) is 11.1 Å². The first-order chi connectivity index (χ1) is 9.08. The number of rotatable bonds is 2. The highest BCUT2D eigenvalue weighted by molar-refractivity contribution is 5.73. The second-order valence-electron chi connectivity index (χ2n) is 6.08. The van der Waals surface area contributed by atoms with Gasteiger partial charge in [0.1, 0.15) is 0 Å². The maximum Gasteiger partial charge on any atom is 0.308 e. The van der Waals surface area contributed by atoms with E-state index in [0.29, 0.717) is 6.04 Å². The van der Waals surface area contributed by atoms with Crippen LogP contribution >= 0.6 is 0 Å². The fourth-order valence-electron chi connectivity index (χ4n) is 3.96. The van der Waals surface area contributed by atoms with Crippen molar-refractivity contribution in [2.75, 3.05) is 7.05 Å². The Bertz CT molecular complexity index is 482. The molecule has 1 N–H and O–H groups in total. The molecule has 0 radical (unpaired) electrons. The molecule has 1 unspecified atom stereocenters. The van der Waals surface area contributed by atoms with Crippen molar-refractivity contribution in [1.82, 2.24) is 4.90 Å². The minimum Gasteiger partial charge on any atom is -0.481 e. The van der Waals surface area contributed by atoms with Crippen molar-refractivity contribution in [3.63, 3.8) is 0 Å². The van der Waals surface area contributed by atoms with Gasteiger partial charge in [0.2, 0.25) is 0 Å². The van der Waals surface area contributed by atoms with Gasteiger partial charge >= 0.3 is 5.97 Å².